The number of carbonyl (C=O) groups excluding carboxylic acids is 2. The smallest absolute Gasteiger partial charge is 0.325 e. The molecule has 3 rings (SSSR count). The number of hydrogen-bond donors (Lipinski definition) is 0. The van der Waals surface area contributed by atoms with Crippen LogP contribution in [0.1, 0.15) is 24.5 Å². The molecule has 7 nitrogen and oxygen atoms in total. The summed E-state index contributed by atoms with van der Waals surface area (Å²) in [6, 6.07) is 13.1. The van der Waals surface area contributed by atoms with E-state index in [1.165, 1.54) is 23.3 Å². The van der Waals surface area contributed by atoms with Crippen LogP contribution in [0.4, 0.5) is 0 Å². The molecular weight excluding hydrogens is 364 g/mol. The van der Waals surface area contributed by atoms with Gasteiger partial charge in [-0.1, -0.05) is 24.3 Å². The van der Waals surface area contributed by atoms with Crippen molar-refractivity contribution in [3.05, 3.63) is 53.7 Å². The van der Waals surface area contributed by atoms with E-state index in [0.29, 0.717) is 5.82 Å². The Morgan fingerprint density at radius 2 is 1.93 bits per heavy atom. The number of hydrogen-bond acceptors (Lipinski definition) is 6. The lowest BCUT2D eigenvalue weighted by Gasteiger charge is -2.23. The Kier molecular flexibility index (Phi) is 5.66. The predicted octanol–water partition coefficient (Wildman–Crippen LogP) is 3.02. The number of benzene rings is 1. The van der Waals surface area contributed by atoms with E-state index in [1.54, 1.807) is 4.68 Å². The molecule has 0 saturated heterocycles. The SMILES string of the molecule is COC(=O)CN(C(=O)c1nc(-c2cccs2)n(-c2ccccc2)n1)C(C)C. The van der Waals surface area contributed by atoms with Crippen LogP contribution in [0.25, 0.3) is 16.4 Å². The first kappa shape index (κ1) is 18.8. The quantitative estimate of drug-likeness (QED) is 0.611. The zero-order valence-electron chi connectivity index (χ0n) is 15.3. The summed E-state index contributed by atoms with van der Waals surface area (Å²) in [5.74, 6) is -0.276. The van der Waals surface area contributed by atoms with E-state index in [4.69, 9.17) is 4.74 Å². The van der Waals surface area contributed by atoms with Crippen molar-refractivity contribution in [1.29, 1.82) is 0 Å². The van der Waals surface area contributed by atoms with Gasteiger partial charge >= 0.3 is 5.97 Å². The average molecular weight is 384 g/mol. The molecule has 0 radical (unpaired) electrons. The standard InChI is InChI=1S/C19H20N4O3S/c1-13(2)22(12-16(24)26-3)19(25)17-20-18(15-10-7-11-27-15)23(21-17)14-8-5-4-6-9-14/h4-11,13H,12H2,1-3H3. The Morgan fingerprint density at radius 3 is 2.52 bits per heavy atom. The molecular formula is C19H20N4O3S. The molecule has 0 spiro atoms. The van der Waals surface area contributed by atoms with Crippen molar-refractivity contribution in [1.82, 2.24) is 19.7 Å². The maximum Gasteiger partial charge on any atom is 0.325 e. The summed E-state index contributed by atoms with van der Waals surface area (Å²) in [6.45, 7) is 3.51. The minimum atomic E-state index is -0.488. The Balaban J connectivity index is 2.03. The number of thiophene rings is 1. The highest BCUT2D eigenvalue weighted by molar-refractivity contribution is 7.13. The van der Waals surface area contributed by atoms with Gasteiger partial charge < -0.3 is 9.64 Å². The molecule has 2 heterocycles. The first-order chi connectivity index (χ1) is 13.0. The molecule has 8 heteroatoms. The molecule has 0 aliphatic heterocycles. The van der Waals surface area contributed by atoms with Gasteiger partial charge in [-0.15, -0.1) is 16.4 Å². The van der Waals surface area contributed by atoms with Gasteiger partial charge in [0.15, 0.2) is 5.82 Å². The Morgan fingerprint density at radius 1 is 1.19 bits per heavy atom. The van der Waals surface area contributed by atoms with Gasteiger partial charge in [0.2, 0.25) is 5.82 Å². The van der Waals surface area contributed by atoms with Crippen molar-refractivity contribution >= 4 is 23.2 Å². The Hall–Kier alpha value is -3.00. The second kappa shape index (κ2) is 8.13. The molecule has 0 aliphatic carbocycles. The summed E-state index contributed by atoms with van der Waals surface area (Å²) < 4.78 is 6.35. The fraction of sp³-hybridized carbons (Fsp3) is 0.263. The Bertz CT molecular complexity index is 920. The van der Waals surface area contributed by atoms with Crippen LogP contribution in [-0.4, -0.2) is 51.2 Å². The van der Waals surface area contributed by atoms with Crippen LogP contribution in [-0.2, 0) is 9.53 Å². The number of aromatic nitrogens is 3. The van der Waals surface area contributed by atoms with Crippen LogP contribution in [0.15, 0.2) is 47.8 Å². The zero-order valence-corrected chi connectivity index (χ0v) is 16.1. The molecule has 3 aromatic rings. The van der Waals surface area contributed by atoms with Crippen LogP contribution in [0.2, 0.25) is 0 Å². The van der Waals surface area contributed by atoms with Gasteiger partial charge in [-0.3, -0.25) is 9.59 Å². The van der Waals surface area contributed by atoms with Crippen LogP contribution in [0.3, 0.4) is 0 Å². The number of nitrogens with zero attached hydrogens (tertiary/aromatic N) is 4. The predicted molar refractivity (Wildman–Crippen MR) is 103 cm³/mol. The van der Waals surface area contributed by atoms with Gasteiger partial charge in [0, 0.05) is 6.04 Å². The number of para-hydroxylation sites is 1. The lowest BCUT2D eigenvalue weighted by atomic mass is 10.3. The summed E-state index contributed by atoms with van der Waals surface area (Å²) in [7, 11) is 1.29. The third-order valence-corrected chi connectivity index (χ3v) is 4.82. The van der Waals surface area contributed by atoms with Crippen molar-refractivity contribution in [3.8, 4) is 16.4 Å². The van der Waals surface area contributed by atoms with E-state index in [-0.39, 0.29) is 18.4 Å². The van der Waals surface area contributed by atoms with Crippen molar-refractivity contribution in [3.63, 3.8) is 0 Å². The van der Waals surface area contributed by atoms with Gasteiger partial charge in [-0.05, 0) is 37.4 Å². The van der Waals surface area contributed by atoms with Crippen LogP contribution in [0, 0.1) is 0 Å². The summed E-state index contributed by atoms with van der Waals surface area (Å²) >= 11 is 1.52. The lowest BCUT2D eigenvalue weighted by Crippen LogP contribution is -2.41. The molecule has 0 saturated carbocycles. The van der Waals surface area contributed by atoms with Gasteiger partial charge in [0.1, 0.15) is 6.54 Å². The highest BCUT2D eigenvalue weighted by Crippen LogP contribution is 2.26. The normalized spacial score (nSPS) is 10.8. The molecule has 2 aromatic heterocycles. The second-order valence-corrected chi connectivity index (χ2v) is 7.03. The van der Waals surface area contributed by atoms with E-state index < -0.39 is 11.9 Å². The first-order valence-corrected chi connectivity index (χ1v) is 9.33. The lowest BCUT2D eigenvalue weighted by molar-refractivity contribution is -0.141. The molecule has 0 fully saturated rings. The van der Waals surface area contributed by atoms with E-state index in [0.717, 1.165) is 10.6 Å². The van der Waals surface area contributed by atoms with Crippen molar-refractivity contribution in [2.45, 2.75) is 19.9 Å². The molecule has 0 atom stereocenters. The number of ether oxygens (including phenoxy) is 1. The van der Waals surface area contributed by atoms with E-state index in [2.05, 4.69) is 10.1 Å². The highest BCUT2D eigenvalue weighted by atomic mass is 32.1. The second-order valence-electron chi connectivity index (χ2n) is 6.09. The number of methoxy groups -OCH3 is 1. The molecule has 140 valence electrons. The van der Waals surface area contributed by atoms with Crippen molar-refractivity contribution in [2.75, 3.05) is 13.7 Å². The van der Waals surface area contributed by atoms with Crippen LogP contribution in [0.5, 0.6) is 0 Å². The fourth-order valence-electron chi connectivity index (χ4n) is 2.54. The molecule has 0 unspecified atom stereocenters. The fourth-order valence-corrected chi connectivity index (χ4v) is 3.24. The number of carbonyl (C=O) groups is 2. The molecule has 0 N–H and O–H groups in total. The van der Waals surface area contributed by atoms with Crippen molar-refractivity contribution < 1.29 is 14.3 Å². The maximum absolute atomic E-state index is 13.0. The zero-order chi connectivity index (χ0) is 19.4. The van der Waals surface area contributed by atoms with E-state index in [1.807, 2.05) is 61.7 Å². The third kappa shape index (κ3) is 4.06. The molecule has 0 aliphatic rings. The molecule has 1 aromatic carbocycles. The van der Waals surface area contributed by atoms with E-state index >= 15 is 0 Å². The summed E-state index contributed by atoms with van der Waals surface area (Å²) in [5.41, 5.74) is 0.802. The summed E-state index contributed by atoms with van der Waals surface area (Å²) in [5, 5.41) is 6.38. The highest BCUT2D eigenvalue weighted by Gasteiger charge is 2.27. The largest absolute Gasteiger partial charge is 0.468 e. The summed E-state index contributed by atoms with van der Waals surface area (Å²) in [6.07, 6.45) is 0. The maximum atomic E-state index is 13.0. The average Bonchev–Trinajstić information content (AvgIpc) is 3.35. The van der Waals surface area contributed by atoms with Crippen molar-refractivity contribution in [2.24, 2.45) is 0 Å². The molecule has 27 heavy (non-hydrogen) atoms. The third-order valence-electron chi connectivity index (χ3n) is 3.95. The Labute approximate surface area is 161 Å². The number of rotatable bonds is 6. The summed E-state index contributed by atoms with van der Waals surface area (Å²) in [4.78, 5) is 31.4. The van der Waals surface area contributed by atoms with Gasteiger partial charge in [0.05, 0.1) is 17.7 Å². The topological polar surface area (TPSA) is 77.3 Å². The van der Waals surface area contributed by atoms with Gasteiger partial charge in [-0.2, -0.15) is 0 Å². The monoisotopic (exact) mass is 384 g/mol. The van der Waals surface area contributed by atoms with Gasteiger partial charge in [-0.25, -0.2) is 9.67 Å². The van der Waals surface area contributed by atoms with Crippen LogP contribution >= 0.6 is 11.3 Å². The van der Waals surface area contributed by atoms with Crippen LogP contribution < -0.4 is 0 Å². The minimum Gasteiger partial charge on any atom is -0.468 e. The molecule has 0 bridgehead atoms. The molecule has 1 amide bonds. The minimum absolute atomic E-state index is 0.0415. The first-order valence-electron chi connectivity index (χ1n) is 8.45. The number of amides is 1. The van der Waals surface area contributed by atoms with E-state index in [9.17, 15) is 9.59 Å². The van der Waals surface area contributed by atoms with Gasteiger partial charge in [0.25, 0.3) is 5.91 Å². The number of esters is 1.